The van der Waals surface area contributed by atoms with Gasteiger partial charge in [0.25, 0.3) is 5.69 Å². The first-order valence-electron chi connectivity index (χ1n) is 7.82. The number of methoxy groups -OCH3 is 1. The summed E-state index contributed by atoms with van der Waals surface area (Å²) in [6.07, 6.45) is 0.116. The van der Waals surface area contributed by atoms with Crippen LogP contribution in [0.2, 0.25) is 0 Å². The fourth-order valence-corrected chi connectivity index (χ4v) is 3.38. The summed E-state index contributed by atoms with van der Waals surface area (Å²) in [5, 5.41) is 22.3. The predicted octanol–water partition coefficient (Wildman–Crippen LogP) is 2.36. The number of non-ortho nitro benzene ring substituents is 1. The molecule has 1 unspecified atom stereocenters. The van der Waals surface area contributed by atoms with Gasteiger partial charge in [0.2, 0.25) is 0 Å². The van der Waals surface area contributed by atoms with Crippen molar-refractivity contribution in [2.75, 3.05) is 13.7 Å². The lowest BCUT2D eigenvalue weighted by Gasteiger charge is -2.24. The van der Waals surface area contributed by atoms with Crippen LogP contribution in [0, 0.1) is 16.0 Å². The minimum Gasteiger partial charge on any atom is -0.480 e. The van der Waals surface area contributed by atoms with Gasteiger partial charge in [0.1, 0.15) is 11.8 Å². The van der Waals surface area contributed by atoms with Crippen LogP contribution in [0.5, 0.6) is 5.75 Å². The Morgan fingerprint density at radius 3 is 2.33 bits per heavy atom. The molecule has 0 radical (unpaired) electrons. The Balaban J connectivity index is 3.05. The number of nitrogens with one attached hydrogen (secondary N) is 1. The Morgan fingerprint density at radius 1 is 1.30 bits per heavy atom. The van der Waals surface area contributed by atoms with Crippen LogP contribution in [0.25, 0.3) is 0 Å². The number of esters is 1. The van der Waals surface area contributed by atoms with Crippen LogP contribution in [0.4, 0.5) is 5.69 Å². The van der Waals surface area contributed by atoms with Crippen LogP contribution >= 0.6 is 7.75 Å². The molecule has 0 aliphatic heterocycles. The molecule has 0 heterocycles. The molecule has 1 aromatic carbocycles. The van der Waals surface area contributed by atoms with E-state index in [-0.39, 0.29) is 23.8 Å². The van der Waals surface area contributed by atoms with Gasteiger partial charge in [-0.3, -0.25) is 19.4 Å². The highest BCUT2D eigenvalue weighted by molar-refractivity contribution is 7.52. The van der Waals surface area contributed by atoms with Gasteiger partial charge in [0.15, 0.2) is 6.61 Å². The number of carboxylic acids is 1. The number of carbonyl (C=O) groups excluding carboxylic acids is 1. The summed E-state index contributed by atoms with van der Waals surface area (Å²) in [5.41, 5.74) is -0.219. The molecule has 150 valence electrons. The van der Waals surface area contributed by atoms with Crippen LogP contribution in [0.1, 0.15) is 20.3 Å². The Morgan fingerprint density at radius 2 is 1.89 bits per heavy atom. The van der Waals surface area contributed by atoms with Gasteiger partial charge in [-0.25, -0.2) is 9.36 Å². The number of benzene rings is 1. The second kappa shape index (κ2) is 10.0. The maximum Gasteiger partial charge on any atom is 0.460 e. The zero-order valence-corrected chi connectivity index (χ0v) is 15.9. The van der Waals surface area contributed by atoms with E-state index in [1.807, 2.05) is 0 Å². The van der Waals surface area contributed by atoms with Crippen molar-refractivity contribution in [1.29, 1.82) is 0 Å². The van der Waals surface area contributed by atoms with Crippen molar-refractivity contribution in [3.63, 3.8) is 0 Å². The largest absolute Gasteiger partial charge is 0.480 e. The summed E-state index contributed by atoms with van der Waals surface area (Å²) in [4.78, 5) is 32.8. The first kappa shape index (κ1) is 22.6. The average Bonchev–Trinajstić information content (AvgIpc) is 2.59. The Kier molecular flexibility index (Phi) is 8.35. The van der Waals surface area contributed by atoms with Gasteiger partial charge in [-0.05, 0) is 24.5 Å². The lowest BCUT2D eigenvalue weighted by atomic mass is 10.1. The van der Waals surface area contributed by atoms with Gasteiger partial charge in [-0.2, -0.15) is 5.09 Å². The lowest BCUT2D eigenvalue weighted by Crippen LogP contribution is -2.37. The first-order chi connectivity index (χ1) is 12.6. The lowest BCUT2D eigenvalue weighted by molar-refractivity contribution is -0.384. The molecular weight excluding hydrogens is 383 g/mol. The van der Waals surface area contributed by atoms with E-state index in [0.29, 0.717) is 0 Å². The standard InChI is InChI=1S/C15H21N2O9P/c1-10(2)8-13(15(19)20)16-27(23,25-9-14(18)24-3)26-12-6-4-11(5-7-12)17(21)22/h4-7,10,13H,8-9H2,1-3H3,(H,16,23)(H,19,20)/t13-,27?/m0/s1. The van der Waals surface area contributed by atoms with Gasteiger partial charge >= 0.3 is 19.7 Å². The number of ether oxygens (including phenoxy) is 1. The third kappa shape index (κ3) is 7.73. The highest BCUT2D eigenvalue weighted by atomic mass is 31.2. The molecule has 11 nitrogen and oxygen atoms in total. The van der Waals surface area contributed by atoms with Crippen molar-refractivity contribution in [3.8, 4) is 5.75 Å². The second-order valence-electron chi connectivity index (χ2n) is 5.84. The Labute approximate surface area is 155 Å². The van der Waals surface area contributed by atoms with E-state index in [2.05, 4.69) is 9.82 Å². The first-order valence-corrected chi connectivity index (χ1v) is 9.36. The normalized spacial score (nSPS) is 14.2. The van der Waals surface area contributed by atoms with E-state index >= 15 is 0 Å². The maximum atomic E-state index is 13.0. The van der Waals surface area contributed by atoms with Crippen LogP contribution in [0.15, 0.2) is 24.3 Å². The van der Waals surface area contributed by atoms with Crippen LogP contribution in [-0.4, -0.2) is 41.7 Å². The van der Waals surface area contributed by atoms with Crippen molar-refractivity contribution < 1.29 is 38.0 Å². The van der Waals surface area contributed by atoms with E-state index < -0.39 is 37.3 Å². The summed E-state index contributed by atoms with van der Waals surface area (Å²) < 4.78 is 27.6. The van der Waals surface area contributed by atoms with E-state index in [4.69, 9.17) is 9.05 Å². The minimum atomic E-state index is -4.31. The summed E-state index contributed by atoms with van der Waals surface area (Å²) in [5.74, 6) is -2.25. The maximum absolute atomic E-state index is 13.0. The van der Waals surface area contributed by atoms with Crippen molar-refractivity contribution in [2.45, 2.75) is 26.3 Å². The number of nitrogens with zero attached hydrogens (tertiary/aromatic N) is 1. The number of aliphatic carboxylic acids is 1. The predicted molar refractivity (Wildman–Crippen MR) is 93.3 cm³/mol. The molecule has 0 aromatic heterocycles. The number of carboxylic acid groups (broad SMARTS) is 1. The number of carbonyl (C=O) groups is 2. The van der Waals surface area contributed by atoms with E-state index in [0.717, 1.165) is 19.2 Å². The minimum absolute atomic E-state index is 0.0490. The van der Waals surface area contributed by atoms with Gasteiger partial charge < -0.3 is 14.4 Å². The van der Waals surface area contributed by atoms with Gasteiger partial charge in [-0.1, -0.05) is 13.8 Å². The molecular formula is C15H21N2O9P. The molecule has 0 saturated heterocycles. The van der Waals surface area contributed by atoms with Gasteiger partial charge in [0, 0.05) is 12.1 Å². The Bertz CT molecular complexity index is 721. The fourth-order valence-electron chi connectivity index (χ4n) is 1.93. The SMILES string of the molecule is COC(=O)COP(=O)(N[C@@H](CC(C)C)C(=O)O)Oc1ccc([N+](=O)[O-])cc1. The summed E-state index contributed by atoms with van der Waals surface area (Å²) >= 11 is 0. The number of nitro groups is 1. The molecule has 1 aromatic rings. The molecule has 0 aliphatic rings. The topological polar surface area (TPSA) is 154 Å². The fraction of sp³-hybridized carbons (Fsp3) is 0.467. The second-order valence-corrected chi connectivity index (χ2v) is 7.53. The molecule has 2 N–H and O–H groups in total. The van der Waals surface area contributed by atoms with Crippen molar-refractivity contribution in [1.82, 2.24) is 5.09 Å². The smallest absolute Gasteiger partial charge is 0.460 e. The van der Waals surface area contributed by atoms with Crippen molar-refractivity contribution >= 4 is 25.4 Å². The molecule has 0 bridgehead atoms. The van der Waals surface area contributed by atoms with E-state index in [1.165, 1.54) is 12.1 Å². The molecule has 0 amide bonds. The van der Waals surface area contributed by atoms with Crippen LogP contribution < -0.4 is 9.61 Å². The molecule has 0 spiro atoms. The highest BCUT2D eigenvalue weighted by Gasteiger charge is 2.35. The highest BCUT2D eigenvalue weighted by Crippen LogP contribution is 2.45. The van der Waals surface area contributed by atoms with E-state index in [9.17, 15) is 29.4 Å². The number of hydrogen-bond acceptors (Lipinski definition) is 8. The average molecular weight is 404 g/mol. The molecule has 0 fully saturated rings. The van der Waals surface area contributed by atoms with Crippen LogP contribution in [-0.2, 0) is 23.4 Å². The van der Waals surface area contributed by atoms with E-state index in [1.54, 1.807) is 13.8 Å². The quantitative estimate of drug-likeness (QED) is 0.243. The van der Waals surface area contributed by atoms with Crippen molar-refractivity contribution in [3.05, 3.63) is 34.4 Å². The summed E-state index contributed by atoms with van der Waals surface area (Å²) in [7, 11) is -3.22. The molecule has 0 aliphatic carbocycles. The zero-order chi connectivity index (χ0) is 20.6. The zero-order valence-electron chi connectivity index (χ0n) is 15.0. The number of rotatable bonds is 11. The molecule has 0 saturated carbocycles. The molecule has 27 heavy (non-hydrogen) atoms. The third-order valence-electron chi connectivity index (χ3n) is 3.17. The van der Waals surface area contributed by atoms with Gasteiger partial charge in [-0.15, -0.1) is 0 Å². The van der Waals surface area contributed by atoms with Crippen LogP contribution in [0.3, 0.4) is 0 Å². The summed E-state index contributed by atoms with van der Waals surface area (Å²) in [6, 6.07) is 3.30. The molecule has 12 heteroatoms. The summed E-state index contributed by atoms with van der Waals surface area (Å²) in [6.45, 7) is 2.80. The Hall–Kier alpha value is -2.49. The number of hydrogen-bond donors (Lipinski definition) is 2. The van der Waals surface area contributed by atoms with Gasteiger partial charge in [0.05, 0.1) is 12.0 Å². The van der Waals surface area contributed by atoms with Crippen molar-refractivity contribution in [2.24, 2.45) is 5.92 Å². The number of nitro benzene ring substituents is 1. The molecule has 2 atom stereocenters. The molecule has 1 rings (SSSR count). The monoisotopic (exact) mass is 404 g/mol. The third-order valence-corrected chi connectivity index (χ3v) is 4.72.